The lowest BCUT2D eigenvalue weighted by molar-refractivity contribution is -0.141. The zero-order valence-electron chi connectivity index (χ0n) is 22.6. The molecule has 0 aliphatic carbocycles. The van der Waals surface area contributed by atoms with E-state index in [-0.39, 0.29) is 18.2 Å². The number of rotatable bonds is 10. The number of aliphatic carboxylic acids is 1. The van der Waals surface area contributed by atoms with Crippen LogP contribution < -0.4 is 20.5 Å². The molecule has 0 spiro atoms. The third-order valence-electron chi connectivity index (χ3n) is 6.37. The lowest BCUT2D eigenvalue weighted by Crippen LogP contribution is -2.41. The van der Waals surface area contributed by atoms with E-state index in [4.69, 9.17) is 20.3 Å². The molecule has 3 aromatic rings. The second-order valence-corrected chi connectivity index (χ2v) is 9.17. The Hall–Kier alpha value is -4.86. The van der Waals surface area contributed by atoms with Crippen LogP contribution in [0, 0.1) is 0 Å². The van der Waals surface area contributed by atoms with Crippen LogP contribution in [0.1, 0.15) is 46.4 Å². The van der Waals surface area contributed by atoms with Crippen molar-refractivity contribution in [3.05, 3.63) is 95.1 Å². The van der Waals surface area contributed by atoms with E-state index in [0.29, 0.717) is 30.0 Å². The molecule has 0 saturated carbocycles. The van der Waals surface area contributed by atoms with Crippen LogP contribution in [0.5, 0.6) is 11.5 Å². The molecule has 10 heteroatoms. The number of nitrogens with two attached hydrogens (primary N) is 1. The number of hydrogen-bond acceptors (Lipinski definition) is 6. The van der Waals surface area contributed by atoms with Crippen LogP contribution >= 0.6 is 0 Å². The normalized spacial score (nSPS) is 13.3. The Morgan fingerprint density at radius 3 is 2.20 bits per heavy atom. The number of benzene rings is 3. The summed E-state index contributed by atoms with van der Waals surface area (Å²) < 4.78 is 10.6. The quantitative estimate of drug-likeness (QED) is 0.353. The van der Waals surface area contributed by atoms with Crippen molar-refractivity contribution in [3.8, 4) is 11.5 Å². The van der Waals surface area contributed by atoms with Gasteiger partial charge < -0.3 is 30.5 Å². The molecular weight excluding hydrogens is 514 g/mol. The van der Waals surface area contributed by atoms with Gasteiger partial charge in [-0.15, -0.1) is 0 Å². The molecule has 2 atom stereocenters. The highest BCUT2D eigenvalue weighted by Crippen LogP contribution is 2.37. The third kappa shape index (κ3) is 7.59. The van der Waals surface area contributed by atoms with Crippen molar-refractivity contribution in [1.82, 2.24) is 10.2 Å². The molecule has 0 saturated heterocycles. The van der Waals surface area contributed by atoms with Crippen LogP contribution in [0.25, 0.3) is 0 Å². The zero-order valence-corrected chi connectivity index (χ0v) is 22.6. The van der Waals surface area contributed by atoms with Crippen LogP contribution in [0.4, 0.5) is 0 Å². The molecule has 0 bridgehead atoms. The number of hydrogen-bond donors (Lipinski definition) is 3. The summed E-state index contributed by atoms with van der Waals surface area (Å²) in [7, 11) is 3.10. The molecule has 10 nitrogen and oxygen atoms in total. The topological polar surface area (TPSA) is 148 Å². The molecule has 4 N–H and O–H groups in total. The molecule has 1 aliphatic rings. The highest BCUT2D eigenvalue weighted by Gasteiger charge is 2.34. The number of carboxylic acid groups (broad SMARTS) is 1. The van der Waals surface area contributed by atoms with Crippen LogP contribution in [0.2, 0.25) is 0 Å². The van der Waals surface area contributed by atoms with Crippen LogP contribution in [0.15, 0.2) is 72.8 Å². The first-order valence-electron chi connectivity index (χ1n) is 12.6. The molecule has 1 heterocycles. The number of carboxylic acids is 1. The Bertz CT molecular complexity index is 1360. The van der Waals surface area contributed by atoms with Crippen LogP contribution in [0.3, 0.4) is 0 Å². The number of methoxy groups -OCH3 is 2. The molecule has 210 valence electrons. The molecule has 0 aromatic heterocycles. The Labute approximate surface area is 232 Å². The fourth-order valence-corrected chi connectivity index (χ4v) is 4.48. The van der Waals surface area contributed by atoms with E-state index < -0.39 is 24.0 Å². The number of fused-ring (bicyclic) bond motifs is 1. The van der Waals surface area contributed by atoms with Crippen molar-refractivity contribution in [2.24, 2.45) is 5.73 Å². The van der Waals surface area contributed by atoms with Gasteiger partial charge in [0.2, 0.25) is 11.8 Å². The van der Waals surface area contributed by atoms with Crippen molar-refractivity contribution in [3.63, 3.8) is 0 Å². The van der Waals surface area contributed by atoms with E-state index in [2.05, 4.69) is 5.32 Å². The number of nitrogens with zero attached hydrogens (tertiary/aromatic N) is 1. The summed E-state index contributed by atoms with van der Waals surface area (Å²) in [6, 6.07) is 20.7. The Kier molecular flexibility index (Phi) is 10.2. The van der Waals surface area contributed by atoms with E-state index in [1.54, 1.807) is 37.3 Å². The summed E-state index contributed by atoms with van der Waals surface area (Å²) in [5.74, 6) is -0.800. The molecule has 1 aliphatic heterocycles. The molecule has 0 radical (unpaired) electrons. The number of primary amides is 1. The van der Waals surface area contributed by atoms with E-state index in [1.807, 2.05) is 54.6 Å². The number of nitrogens with one attached hydrogen (secondary N) is 1. The standard InChI is InChI=1S/C19H20N2O4.C11H13NO3/c1-24-16-8-7-12(9-17(16)25-2)15(10-18(20)22)21-11-13-5-3-4-6-14(13)19(21)23;1-8(13)12-10(11(14)15)7-9-5-3-2-4-6-9/h3-9,15H,10-11H2,1-2H3,(H2,20,22);2-6,10H,7H2,1H3,(H,12,13)(H,14,15). The van der Waals surface area contributed by atoms with Gasteiger partial charge in [0.05, 0.1) is 26.7 Å². The van der Waals surface area contributed by atoms with Crippen molar-refractivity contribution in [1.29, 1.82) is 0 Å². The maximum Gasteiger partial charge on any atom is 0.326 e. The summed E-state index contributed by atoms with van der Waals surface area (Å²) in [5, 5.41) is 11.3. The van der Waals surface area contributed by atoms with Gasteiger partial charge in [0.15, 0.2) is 11.5 Å². The average molecular weight is 548 g/mol. The van der Waals surface area contributed by atoms with E-state index in [1.165, 1.54) is 6.92 Å². The molecule has 4 rings (SSSR count). The molecule has 0 fully saturated rings. The van der Waals surface area contributed by atoms with Crippen molar-refractivity contribution < 1.29 is 33.8 Å². The van der Waals surface area contributed by atoms with Gasteiger partial charge in [-0.25, -0.2) is 4.79 Å². The van der Waals surface area contributed by atoms with E-state index >= 15 is 0 Å². The molecule has 3 aromatic carbocycles. The predicted octanol–water partition coefficient (Wildman–Crippen LogP) is 3.09. The lowest BCUT2D eigenvalue weighted by Gasteiger charge is -2.28. The van der Waals surface area contributed by atoms with Crippen LogP contribution in [-0.2, 0) is 27.3 Å². The third-order valence-corrected chi connectivity index (χ3v) is 6.37. The number of ether oxygens (including phenoxy) is 2. The van der Waals surface area contributed by atoms with Crippen molar-refractivity contribution >= 4 is 23.7 Å². The van der Waals surface area contributed by atoms with Gasteiger partial charge in [-0.3, -0.25) is 14.4 Å². The maximum absolute atomic E-state index is 12.8. The molecule has 3 amide bonds. The smallest absolute Gasteiger partial charge is 0.326 e. The fourth-order valence-electron chi connectivity index (χ4n) is 4.48. The zero-order chi connectivity index (χ0) is 29.2. The summed E-state index contributed by atoms with van der Waals surface area (Å²) in [6.07, 6.45) is 0.338. The van der Waals surface area contributed by atoms with E-state index in [9.17, 15) is 19.2 Å². The lowest BCUT2D eigenvalue weighted by atomic mass is 10.0. The fraction of sp³-hybridized carbons (Fsp3) is 0.267. The number of carbonyl (C=O) groups excluding carboxylic acids is 3. The number of carbonyl (C=O) groups is 4. The Morgan fingerprint density at radius 2 is 1.62 bits per heavy atom. The molecular formula is C30H33N3O7. The Morgan fingerprint density at radius 1 is 0.975 bits per heavy atom. The monoisotopic (exact) mass is 547 g/mol. The summed E-state index contributed by atoms with van der Waals surface area (Å²) in [4.78, 5) is 47.7. The highest BCUT2D eigenvalue weighted by atomic mass is 16.5. The van der Waals surface area contributed by atoms with Crippen LogP contribution in [-0.4, -0.2) is 54.0 Å². The minimum absolute atomic E-state index is 0.0369. The molecule has 2 unspecified atom stereocenters. The average Bonchev–Trinajstić information content (AvgIpc) is 3.27. The SMILES string of the molecule is CC(=O)NC(Cc1ccccc1)C(=O)O.COc1ccc(C(CC(N)=O)N2Cc3ccccc3C2=O)cc1OC. The highest BCUT2D eigenvalue weighted by molar-refractivity contribution is 5.98. The van der Waals surface area contributed by atoms with Gasteiger partial charge in [0.25, 0.3) is 5.91 Å². The van der Waals surface area contributed by atoms with Gasteiger partial charge in [-0.05, 0) is 34.9 Å². The van der Waals surface area contributed by atoms with E-state index in [0.717, 1.165) is 16.7 Å². The summed E-state index contributed by atoms with van der Waals surface area (Å²) in [5.41, 5.74) is 8.72. The number of amides is 3. The predicted molar refractivity (Wildman–Crippen MR) is 148 cm³/mol. The first kappa shape index (κ1) is 29.7. The minimum atomic E-state index is -1.02. The second kappa shape index (κ2) is 13.8. The minimum Gasteiger partial charge on any atom is -0.493 e. The summed E-state index contributed by atoms with van der Waals surface area (Å²) in [6.45, 7) is 1.75. The Balaban J connectivity index is 0.000000252. The van der Waals surface area contributed by atoms with Gasteiger partial charge in [-0.2, -0.15) is 0 Å². The maximum atomic E-state index is 12.8. The van der Waals surface area contributed by atoms with Gasteiger partial charge in [-0.1, -0.05) is 54.6 Å². The first-order chi connectivity index (χ1) is 19.1. The first-order valence-corrected chi connectivity index (χ1v) is 12.6. The van der Waals surface area contributed by atoms with Crippen molar-refractivity contribution in [2.45, 2.75) is 38.4 Å². The largest absolute Gasteiger partial charge is 0.493 e. The second-order valence-electron chi connectivity index (χ2n) is 9.17. The van der Waals surface area contributed by atoms with Crippen molar-refractivity contribution in [2.75, 3.05) is 14.2 Å². The van der Waals surface area contributed by atoms with Gasteiger partial charge in [0, 0.05) is 25.5 Å². The summed E-state index contributed by atoms with van der Waals surface area (Å²) >= 11 is 0. The van der Waals surface area contributed by atoms with Gasteiger partial charge >= 0.3 is 5.97 Å². The van der Waals surface area contributed by atoms with Gasteiger partial charge in [0.1, 0.15) is 6.04 Å². The molecule has 40 heavy (non-hydrogen) atoms.